The third-order valence-electron chi connectivity index (χ3n) is 6.63. The Morgan fingerprint density at radius 3 is 2.38 bits per heavy atom. The Labute approximate surface area is 186 Å². The Bertz CT molecular complexity index is 1150. The maximum Gasteiger partial charge on any atom is 0.211 e. The summed E-state index contributed by atoms with van der Waals surface area (Å²) in [7, 11) is 2.97. The van der Waals surface area contributed by atoms with Crippen LogP contribution in [0.25, 0.3) is 5.76 Å². The smallest absolute Gasteiger partial charge is 0.211 e. The number of aliphatic hydroxyl groups excluding tert-OH is 3. The predicted molar refractivity (Wildman–Crippen MR) is 111 cm³/mol. The van der Waals surface area contributed by atoms with Crippen LogP contribution in [-0.4, -0.2) is 73.5 Å². The Kier molecular flexibility index (Phi) is 4.90. The number of Topliss-reactive ketones (excluding diaryl/α,β-unsaturated/α-hetero) is 3. The number of carbonyl (C=O) groups is 3. The van der Waals surface area contributed by atoms with Gasteiger partial charge >= 0.3 is 0 Å². The monoisotopic (exact) mass is 464 g/mol. The molecule has 0 bridgehead atoms. The fraction of sp³-hybridized carbons (Fsp3) is 0.381. The molecule has 7 N–H and O–H groups in total. The molecule has 0 spiro atoms. The van der Waals surface area contributed by atoms with Gasteiger partial charge in [0.05, 0.1) is 17.7 Å². The van der Waals surface area contributed by atoms with E-state index in [0.717, 1.165) is 6.07 Å². The average molecular weight is 465 g/mol. The van der Waals surface area contributed by atoms with E-state index in [9.17, 15) is 39.9 Å². The van der Waals surface area contributed by atoms with Crippen molar-refractivity contribution in [1.29, 1.82) is 0 Å². The molecule has 32 heavy (non-hydrogen) atoms. The molecule has 1 aromatic rings. The molecule has 2 saturated carbocycles. The van der Waals surface area contributed by atoms with E-state index in [2.05, 4.69) is 0 Å². The van der Waals surface area contributed by atoms with Crippen LogP contribution in [0.2, 0.25) is 5.02 Å². The third kappa shape index (κ3) is 2.61. The summed E-state index contributed by atoms with van der Waals surface area (Å²) >= 11 is 6.18. The largest absolute Gasteiger partial charge is 0.507 e. The van der Waals surface area contributed by atoms with Crippen LogP contribution < -0.4 is 5.73 Å². The number of carbonyl (C=O) groups excluding carboxylic acids is 3. The number of phenols is 1. The second kappa shape index (κ2) is 7.04. The fourth-order valence-corrected chi connectivity index (χ4v) is 5.50. The van der Waals surface area contributed by atoms with Crippen molar-refractivity contribution in [2.75, 3.05) is 14.1 Å². The lowest BCUT2D eigenvalue weighted by molar-refractivity contribution is -0.167. The van der Waals surface area contributed by atoms with Crippen LogP contribution >= 0.6 is 11.6 Å². The maximum atomic E-state index is 13.5. The zero-order chi connectivity index (χ0) is 23.9. The van der Waals surface area contributed by atoms with E-state index in [4.69, 9.17) is 17.3 Å². The van der Waals surface area contributed by atoms with Gasteiger partial charge in [-0.25, -0.2) is 0 Å². The maximum absolute atomic E-state index is 13.5. The summed E-state index contributed by atoms with van der Waals surface area (Å²) in [6.07, 6.45) is -1.73. The Morgan fingerprint density at radius 1 is 1.19 bits per heavy atom. The molecule has 4 rings (SSSR count). The lowest BCUT2D eigenvalue weighted by atomic mass is 9.55. The number of fused-ring (bicyclic) bond motifs is 3. The van der Waals surface area contributed by atoms with Gasteiger partial charge in [-0.15, -0.1) is 0 Å². The SMILES string of the molecule is CN(C)[C@@H]1C(=O)/C(=C(/N)O)C(=O)[C@@]2(O)C(=O)C3=C(O)c4c(O)ccc(Cl)c4[C@@H](O)[C@H]3C[C@@H]12. The normalized spacial score (nSPS) is 33.8. The summed E-state index contributed by atoms with van der Waals surface area (Å²) in [6, 6.07) is 1.24. The second-order valence-corrected chi connectivity index (χ2v) is 8.88. The first-order valence-corrected chi connectivity index (χ1v) is 10.1. The minimum atomic E-state index is -2.84. The summed E-state index contributed by atoms with van der Waals surface area (Å²) in [4.78, 5) is 41.0. The van der Waals surface area contributed by atoms with Crippen molar-refractivity contribution in [2.24, 2.45) is 17.6 Å². The van der Waals surface area contributed by atoms with Crippen molar-refractivity contribution in [3.63, 3.8) is 0 Å². The molecule has 0 aliphatic heterocycles. The molecule has 0 amide bonds. The highest BCUT2D eigenvalue weighted by Gasteiger charge is 2.67. The number of phenolic OH excluding ortho intramolecular Hbond substituents is 1. The van der Waals surface area contributed by atoms with Crippen molar-refractivity contribution in [3.05, 3.63) is 45.3 Å². The van der Waals surface area contributed by atoms with E-state index in [0.29, 0.717) is 0 Å². The minimum absolute atomic E-state index is 0.00814. The molecule has 11 heteroatoms. The van der Waals surface area contributed by atoms with Crippen molar-refractivity contribution < 1.29 is 39.9 Å². The number of ketones is 3. The van der Waals surface area contributed by atoms with Gasteiger partial charge in [0, 0.05) is 28.0 Å². The number of likely N-dealkylation sites (N-methyl/N-ethyl adjacent to an activating group) is 1. The van der Waals surface area contributed by atoms with Crippen LogP contribution in [0.4, 0.5) is 0 Å². The third-order valence-corrected chi connectivity index (χ3v) is 6.96. The molecule has 0 aromatic heterocycles. The topological polar surface area (TPSA) is 182 Å². The molecule has 170 valence electrons. The molecular formula is C21H21ClN2O8. The van der Waals surface area contributed by atoms with E-state index < -0.39 is 75.5 Å². The number of hydrogen-bond acceptors (Lipinski definition) is 10. The summed E-state index contributed by atoms with van der Waals surface area (Å²) < 4.78 is 0. The Morgan fingerprint density at radius 2 is 1.81 bits per heavy atom. The van der Waals surface area contributed by atoms with Crippen molar-refractivity contribution in [1.82, 2.24) is 4.90 Å². The van der Waals surface area contributed by atoms with Crippen molar-refractivity contribution in [3.8, 4) is 5.75 Å². The fourth-order valence-electron chi connectivity index (χ4n) is 5.23. The Hall–Kier alpha value is -2.92. The molecule has 0 radical (unpaired) electrons. The Balaban J connectivity index is 2.01. The number of hydrogen-bond donors (Lipinski definition) is 6. The van der Waals surface area contributed by atoms with Gasteiger partial charge in [-0.2, -0.15) is 0 Å². The van der Waals surface area contributed by atoms with Gasteiger partial charge in [0.1, 0.15) is 17.1 Å². The van der Waals surface area contributed by atoms with Gasteiger partial charge < -0.3 is 31.3 Å². The van der Waals surface area contributed by atoms with Crippen molar-refractivity contribution in [2.45, 2.75) is 24.2 Å². The van der Waals surface area contributed by atoms with Gasteiger partial charge in [-0.05, 0) is 32.6 Å². The molecule has 10 nitrogen and oxygen atoms in total. The van der Waals surface area contributed by atoms with E-state index in [1.165, 1.54) is 25.1 Å². The number of halogens is 1. The summed E-state index contributed by atoms with van der Waals surface area (Å²) in [5.74, 6) is -8.29. The molecule has 0 saturated heterocycles. The zero-order valence-corrected chi connectivity index (χ0v) is 17.8. The van der Waals surface area contributed by atoms with Crippen LogP contribution in [-0.2, 0) is 14.4 Å². The number of nitrogens with zero attached hydrogens (tertiary/aromatic N) is 1. The number of rotatable bonds is 1. The lowest BCUT2D eigenvalue weighted by Gasteiger charge is -2.50. The summed E-state index contributed by atoms with van der Waals surface area (Å²) in [5.41, 5.74) is 0.811. The number of nitrogens with two attached hydrogens (primary N) is 1. The van der Waals surface area contributed by atoms with Gasteiger partial charge in [0.25, 0.3) is 0 Å². The van der Waals surface area contributed by atoms with E-state index in [-0.39, 0.29) is 22.6 Å². The predicted octanol–water partition coefficient (Wildman–Crippen LogP) is 0.108. The molecule has 0 unspecified atom stereocenters. The lowest BCUT2D eigenvalue weighted by Crippen LogP contribution is -2.69. The molecule has 3 aliphatic rings. The molecule has 5 atom stereocenters. The highest BCUT2D eigenvalue weighted by Crippen LogP contribution is 2.55. The average Bonchev–Trinajstić information content (AvgIpc) is 2.69. The van der Waals surface area contributed by atoms with E-state index in [1.54, 1.807) is 0 Å². The molecule has 2 fully saturated rings. The molecular weight excluding hydrogens is 444 g/mol. The van der Waals surface area contributed by atoms with Crippen LogP contribution in [0.5, 0.6) is 5.75 Å². The van der Waals surface area contributed by atoms with Crippen molar-refractivity contribution >= 4 is 34.7 Å². The molecule has 1 aromatic carbocycles. The van der Waals surface area contributed by atoms with Crippen LogP contribution in [0.15, 0.2) is 29.2 Å². The van der Waals surface area contributed by atoms with Crippen LogP contribution in [0.3, 0.4) is 0 Å². The van der Waals surface area contributed by atoms with Gasteiger partial charge in [-0.1, -0.05) is 11.6 Å². The molecule has 0 heterocycles. The van der Waals surface area contributed by atoms with E-state index in [1.807, 2.05) is 0 Å². The second-order valence-electron chi connectivity index (χ2n) is 8.47. The van der Waals surface area contributed by atoms with Gasteiger partial charge in [0.15, 0.2) is 17.3 Å². The number of aromatic hydroxyl groups is 1. The van der Waals surface area contributed by atoms with Crippen LogP contribution in [0.1, 0.15) is 23.7 Å². The van der Waals surface area contributed by atoms with Crippen LogP contribution in [0, 0.1) is 11.8 Å². The first kappa shape index (κ1) is 22.3. The first-order valence-electron chi connectivity index (χ1n) is 9.69. The molecule has 3 aliphatic carbocycles. The van der Waals surface area contributed by atoms with Gasteiger partial charge in [0.2, 0.25) is 11.6 Å². The standard InChI is InChI=1S/C21H21ClN2O8/c1-24(2)14-7-5-6-10(16(27)12-9(25)4-3-8(22)11(12)15(6)26)18(29)21(7,32)19(30)13(17(14)28)20(23)31/h3-4,6-7,14-15,25-27,31-32H,5,23H2,1-2H3/b20-13+/t6-,7-,14-,15-,21-/m0/s1. The minimum Gasteiger partial charge on any atom is -0.507 e. The number of benzene rings is 1. The summed E-state index contributed by atoms with van der Waals surface area (Å²) in [5, 5.41) is 53.4. The zero-order valence-electron chi connectivity index (χ0n) is 17.0. The highest BCUT2D eigenvalue weighted by atomic mass is 35.5. The first-order chi connectivity index (χ1) is 14.8. The summed E-state index contributed by atoms with van der Waals surface area (Å²) in [6.45, 7) is 0. The quantitative estimate of drug-likeness (QED) is 0.144. The van der Waals surface area contributed by atoms with E-state index >= 15 is 0 Å². The number of aliphatic hydroxyl groups is 4. The highest BCUT2D eigenvalue weighted by molar-refractivity contribution is 6.36. The van der Waals surface area contributed by atoms with Gasteiger partial charge in [-0.3, -0.25) is 19.3 Å².